The molecule has 2 aromatic rings. The van der Waals surface area contributed by atoms with E-state index in [1.165, 1.54) is 25.6 Å². The van der Waals surface area contributed by atoms with Crippen molar-refractivity contribution in [2.75, 3.05) is 7.11 Å². The van der Waals surface area contributed by atoms with Crippen LogP contribution in [0, 0.1) is 5.21 Å². The van der Waals surface area contributed by atoms with Crippen molar-refractivity contribution in [2.24, 2.45) is 0 Å². The number of nitrogens with zero attached hydrogens (tertiary/aromatic N) is 1. The fraction of sp³-hybridized carbons (Fsp3) is 0.111. The van der Waals surface area contributed by atoms with Crippen LogP contribution in [-0.2, 0) is 4.74 Å². The Morgan fingerprint density at radius 3 is 3.14 bits per heavy atom. The van der Waals surface area contributed by atoms with E-state index in [0.29, 0.717) is 15.7 Å². The summed E-state index contributed by atoms with van der Waals surface area (Å²) >= 11 is 0. The molecule has 0 N–H and O–H groups in total. The van der Waals surface area contributed by atoms with Crippen molar-refractivity contribution in [3.05, 3.63) is 35.5 Å². The van der Waals surface area contributed by atoms with Crippen molar-refractivity contribution >= 4 is 16.9 Å². The molecular formula is C9H7NO4. The Labute approximate surface area is 79.1 Å². The molecule has 0 saturated carbocycles. The van der Waals surface area contributed by atoms with Crippen LogP contribution in [0.4, 0.5) is 0 Å². The van der Waals surface area contributed by atoms with Gasteiger partial charge in [0, 0.05) is 11.5 Å². The molecule has 0 fully saturated rings. The first-order valence-electron chi connectivity index (χ1n) is 3.91. The lowest BCUT2D eigenvalue weighted by atomic mass is 10.3. The van der Waals surface area contributed by atoms with E-state index in [1.54, 1.807) is 6.07 Å². The Morgan fingerprint density at radius 2 is 2.43 bits per heavy atom. The number of furan rings is 1. The van der Waals surface area contributed by atoms with Crippen molar-refractivity contribution < 1.29 is 18.7 Å². The summed E-state index contributed by atoms with van der Waals surface area (Å²) in [5.41, 5.74) is 0.364. The number of fused-ring (bicyclic) bond motifs is 1. The zero-order chi connectivity index (χ0) is 10.1. The van der Waals surface area contributed by atoms with Gasteiger partial charge in [0.1, 0.15) is 0 Å². The van der Waals surface area contributed by atoms with Gasteiger partial charge in [0.05, 0.1) is 7.11 Å². The summed E-state index contributed by atoms with van der Waals surface area (Å²) < 4.78 is 10.2. The zero-order valence-electron chi connectivity index (χ0n) is 7.39. The fourth-order valence-corrected chi connectivity index (χ4v) is 1.16. The highest BCUT2D eigenvalue weighted by Crippen LogP contribution is 2.17. The van der Waals surface area contributed by atoms with E-state index in [1.807, 2.05) is 0 Å². The lowest BCUT2D eigenvalue weighted by Gasteiger charge is -1.92. The summed E-state index contributed by atoms with van der Waals surface area (Å²) in [6.07, 6.45) is 2.58. The summed E-state index contributed by atoms with van der Waals surface area (Å²) in [6, 6.07) is 3.10. The van der Waals surface area contributed by atoms with Gasteiger partial charge in [-0.05, 0) is 6.07 Å². The second kappa shape index (κ2) is 3.02. The Hall–Kier alpha value is -2.04. The molecule has 0 spiro atoms. The van der Waals surface area contributed by atoms with Crippen LogP contribution in [0.25, 0.3) is 11.0 Å². The predicted octanol–water partition coefficient (Wildman–Crippen LogP) is 0.853. The highest BCUT2D eigenvalue weighted by atomic mass is 16.5. The first-order chi connectivity index (χ1) is 6.70. The number of carbonyl (C=O) groups is 1. The second-order valence-corrected chi connectivity index (χ2v) is 2.73. The van der Waals surface area contributed by atoms with E-state index in [-0.39, 0.29) is 5.76 Å². The fourth-order valence-electron chi connectivity index (χ4n) is 1.16. The molecule has 0 amide bonds. The van der Waals surface area contributed by atoms with Gasteiger partial charge < -0.3 is 14.4 Å². The molecule has 0 aliphatic heterocycles. The van der Waals surface area contributed by atoms with Crippen molar-refractivity contribution in [3.63, 3.8) is 0 Å². The van der Waals surface area contributed by atoms with Crippen LogP contribution in [0.15, 0.2) is 28.9 Å². The molecule has 0 aromatic carbocycles. The molecule has 0 unspecified atom stereocenters. The number of ether oxygens (including phenoxy) is 1. The maximum Gasteiger partial charge on any atom is 0.373 e. The maximum absolute atomic E-state index is 11.1. The van der Waals surface area contributed by atoms with Crippen molar-refractivity contribution in [1.82, 2.24) is 0 Å². The summed E-state index contributed by atoms with van der Waals surface area (Å²) in [5, 5.41) is 11.6. The minimum absolute atomic E-state index is 0.0914. The van der Waals surface area contributed by atoms with Crippen molar-refractivity contribution in [1.29, 1.82) is 0 Å². The van der Waals surface area contributed by atoms with Gasteiger partial charge in [-0.3, -0.25) is 0 Å². The standard InChI is InChI=1S/C9H7NO4/c1-13-9(11)7-4-6-2-3-10(12)5-8(6)14-7/h2-5H,1H3. The topological polar surface area (TPSA) is 66.4 Å². The molecular weight excluding hydrogens is 186 g/mol. The number of rotatable bonds is 1. The molecule has 0 radical (unpaired) electrons. The second-order valence-electron chi connectivity index (χ2n) is 2.73. The molecule has 2 rings (SSSR count). The van der Waals surface area contributed by atoms with E-state index in [4.69, 9.17) is 4.42 Å². The van der Waals surface area contributed by atoms with Crippen LogP contribution in [0.1, 0.15) is 10.6 Å². The van der Waals surface area contributed by atoms with Gasteiger partial charge in [0.2, 0.25) is 12.0 Å². The maximum atomic E-state index is 11.1. The van der Waals surface area contributed by atoms with Gasteiger partial charge in [0.15, 0.2) is 11.8 Å². The zero-order valence-corrected chi connectivity index (χ0v) is 7.39. The molecule has 2 aromatic heterocycles. The van der Waals surface area contributed by atoms with E-state index in [0.717, 1.165) is 0 Å². The molecule has 0 aliphatic rings. The van der Waals surface area contributed by atoms with E-state index < -0.39 is 5.97 Å². The molecule has 0 atom stereocenters. The van der Waals surface area contributed by atoms with Gasteiger partial charge in [-0.2, -0.15) is 4.73 Å². The molecule has 2 heterocycles. The van der Waals surface area contributed by atoms with Crippen LogP contribution in [0.5, 0.6) is 0 Å². The Morgan fingerprint density at radius 1 is 1.64 bits per heavy atom. The number of carbonyl (C=O) groups excluding carboxylic acids is 1. The lowest BCUT2D eigenvalue weighted by Crippen LogP contribution is -2.23. The Balaban J connectivity index is 2.56. The normalized spacial score (nSPS) is 10.4. The average molecular weight is 193 g/mol. The smallest absolute Gasteiger partial charge is 0.373 e. The third-order valence-corrected chi connectivity index (χ3v) is 1.82. The van der Waals surface area contributed by atoms with E-state index >= 15 is 0 Å². The van der Waals surface area contributed by atoms with E-state index in [9.17, 15) is 10.0 Å². The molecule has 14 heavy (non-hydrogen) atoms. The number of aromatic nitrogens is 1. The highest BCUT2D eigenvalue weighted by Gasteiger charge is 2.13. The van der Waals surface area contributed by atoms with Gasteiger partial charge in [-0.25, -0.2) is 4.79 Å². The van der Waals surface area contributed by atoms with Crippen LogP contribution >= 0.6 is 0 Å². The highest BCUT2D eigenvalue weighted by molar-refractivity contribution is 5.91. The van der Waals surface area contributed by atoms with E-state index in [2.05, 4.69) is 4.74 Å². The number of hydrogen-bond donors (Lipinski definition) is 0. The third kappa shape index (κ3) is 1.28. The Kier molecular flexibility index (Phi) is 1.85. The number of pyridine rings is 1. The average Bonchev–Trinajstić information content (AvgIpc) is 2.59. The summed E-state index contributed by atoms with van der Waals surface area (Å²) in [6.45, 7) is 0. The number of methoxy groups -OCH3 is 1. The van der Waals surface area contributed by atoms with Gasteiger partial charge >= 0.3 is 5.97 Å². The molecule has 0 aliphatic carbocycles. The number of esters is 1. The Bertz CT molecular complexity index is 489. The SMILES string of the molecule is COC(=O)c1cc2cc[n+]([O-])cc2o1. The van der Waals surface area contributed by atoms with Crippen LogP contribution in [-0.4, -0.2) is 13.1 Å². The quantitative estimate of drug-likeness (QED) is 0.382. The summed E-state index contributed by atoms with van der Waals surface area (Å²) in [7, 11) is 1.27. The van der Waals surface area contributed by atoms with Crippen LogP contribution in [0.3, 0.4) is 0 Å². The van der Waals surface area contributed by atoms with Gasteiger partial charge in [-0.15, -0.1) is 0 Å². The monoisotopic (exact) mass is 193 g/mol. The molecule has 5 nitrogen and oxygen atoms in total. The summed E-state index contributed by atoms with van der Waals surface area (Å²) in [4.78, 5) is 11.1. The molecule has 0 bridgehead atoms. The molecule has 5 heteroatoms. The first kappa shape index (κ1) is 8.55. The largest absolute Gasteiger partial charge is 0.619 e. The minimum Gasteiger partial charge on any atom is -0.619 e. The molecule has 72 valence electrons. The molecule has 0 saturated heterocycles. The first-order valence-corrected chi connectivity index (χ1v) is 3.91. The summed E-state index contributed by atoms with van der Waals surface area (Å²) in [5.74, 6) is -0.465. The third-order valence-electron chi connectivity index (χ3n) is 1.82. The van der Waals surface area contributed by atoms with Crippen molar-refractivity contribution in [2.45, 2.75) is 0 Å². The van der Waals surface area contributed by atoms with Gasteiger partial charge in [-0.1, -0.05) is 0 Å². The van der Waals surface area contributed by atoms with Gasteiger partial charge in [0.25, 0.3) is 0 Å². The minimum atomic E-state index is -0.557. The van der Waals surface area contributed by atoms with Crippen LogP contribution in [0.2, 0.25) is 0 Å². The van der Waals surface area contributed by atoms with Crippen molar-refractivity contribution in [3.8, 4) is 0 Å². The lowest BCUT2D eigenvalue weighted by molar-refractivity contribution is -0.604. The van der Waals surface area contributed by atoms with Crippen LogP contribution < -0.4 is 4.73 Å². The number of hydrogen-bond acceptors (Lipinski definition) is 4. The predicted molar refractivity (Wildman–Crippen MR) is 46.5 cm³/mol.